The van der Waals surface area contributed by atoms with Crippen LogP contribution in [0.15, 0.2) is 59.5 Å². The number of pyridine rings is 1. The number of rotatable bonds is 5. The predicted octanol–water partition coefficient (Wildman–Crippen LogP) is 2.47. The maximum atomic E-state index is 13.0. The lowest BCUT2D eigenvalue weighted by molar-refractivity contribution is -0.117. The number of nitrogens with zero attached hydrogens (tertiary/aromatic N) is 5. The van der Waals surface area contributed by atoms with Gasteiger partial charge in [-0.05, 0) is 49.2 Å². The second-order valence-electron chi connectivity index (χ2n) is 9.71. The number of para-hydroxylation sites is 1. The van der Waals surface area contributed by atoms with Crippen molar-refractivity contribution in [2.45, 2.75) is 6.42 Å². The summed E-state index contributed by atoms with van der Waals surface area (Å²) < 4.78 is 3.21. The smallest absolute Gasteiger partial charge is 0.325 e. The van der Waals surface area contributed by atoms with Crippen molar-refractivity contribution in [3.8, 4) is 0 Å². The second kappa shape index (κ2) is 9.64. The first kappa shape index (κ1) is 23.3. The molecule has 0 unspecified atom stereocenters. The van der Waals surface area contributed by atoms with Gasteiger partial charge >= 0.3 is 5.69 Å². The zero-order valence-electron chi connectivity index (χ0n) is 20.6. The molecule has 182 valence electrons. The molecule has 2 aromatic heterocycles. The van der Waals surface area contributed by atoms with Crippen LogP contribution in [0.2, 0.25) is 0 Å². The normalized spacial score (nSPS) is 17.6. The van der Waals surface area contributed by atoms with Gasteiger partial charge in [0.25, 0.3) is 0 Å². The lowest BCUT2D eigenvalue weighted by atomic mass is 9.96. The summed E-state index contributed by atoms with van der Waals surface area (Å²) in [5.41, 5.74) is 4.59. The highest BCUT2D eigenvalue weighted by atomic mass is 16.2. The minimum atomic E-state index is -0.0791. The average molecular weight is 473 g/mol. The molecule has 1 aliphatic heterocycles. The molecule has 1 saturated heterocycles. The highest BCUT2D eigenvalue weighted by Gasteiger charge is 2.23. The van der Waals surface area contributed by atoms with E-state index >= 15 is 0 Å². The molecule has 0 saturated carbocycles. The predicted molar refractivity (Wildman–Crippen MR) is 140 cm³/mol. The van der Waals surface area contributed by atoms with E-state index in [1.54, 1.807) is 23.2 Å². The van der Waals surface area contributed by atoms with Crippen LogP contribution >= 0.6 is 0 Å². The van der Waals surface area contributed by atoms with E-state index in [-0.39, 0.29) is 11.6 Å². The summed E-state index contributed by atoms with van der Waals surface area (Å²) in [7, 11) is 5.65. The molecule has 1 atom stereocenters. The minimum Gasteiger partial charge on any atom is -0.325 e. The van der Waals surface area contributed by atoms with Gasteiger partial charge in [-0.25, -0.2) is 4.79 Å². The van der Waals surface area contributed by atoms with Crippen LogP contribution in [0.1, 0.15) is 5.56 Å². The zero-order chi connectivity index (χ0) is 24.5. The van der Waals surface area contributed by atoms with Crippen molar-refractivity contribution in [1.82, 2.24) is 23.9 Å². The molecule has 1 N–H and O–H groups in total. The van der Waals surface area contributed by atoms with Gasteiger partial charge in [-0.2, -0.15) is 0 Å². The topological polar surface area (TPSA) is 75.4 Å². The molecule has 4 aromatic rings. The second-order valence-corrected chi connectivity index (χ2v) is 9.71. The Morgan fingerprint density at radius 2 is 1.80 bits per heavy atom. The molecule has 8 nitrogen and oxygen atoms in total. The molecule has 8 heteroatoms. The monoisotopic (exact) mass is 472 g/mol. The number of carbonyl (C=O) groups excluding carboxylic acids is 1. The number of aryl methyl sites for hydroxylation is 2. The number of aromatic nitrogens is 3. The van der Waals surface area contributed by atoms with Crippen LogP contribution in [-0.2, 0) is 25.3 Å². The first-order valence-corrected chi connectivity index (χ1v) is 12.1. The summed E-state index contributed by atoms with van der Waals surface area (Å²) in [4.78, 5) is 34.4. The molecule has 35 heavy (non-hydrogen) atoms. The Hall–Kier alpha value is -3.49. The number of carbonyl (C=O) groups is 1. The molecular weight excluding hydrogens is 440 g/mol. The Balaban J connectivity index is 1.28. The summed E-state index contributed by atoms with van der Waals surface area (Å²) in [5.74, 6) is 0.360. The summed E-state index contributed by atoms with van der Waals surface area (Å²) in [6.07, 6.45) is 2.78. The molecule has 1 aliphatic rings. The highest BCUT2D eigenvalue weighted by Crippen LogP contribution is 2.22. The van der Waals surface area contributed by atoms with Gasteiger partial charge in [-0.3, -0.25) is 23.8 Å². The third-order valence-corrected chi connectivity index (χ3v) is 7.03. The van der Waals surface area contributed by atoms with E-state index in [4.69, 9.17) is 0 Å². The van der Waals surface area contributed by atoms with Crippen LogP contribution in [0.3, 0.4) is 0 Å². The molecule has 0 bridgehead atoms. The van der Waals surface area contributed by atoms with Crippen molar-refractivity contribution in [2.24, 2.45) is 20.0 Å². The van der Waals surface area contributed by atoms with Crippen molar-refractivity contribution in [3.63, 3.8) is 0 Å². The van der Waals surface area contributed by atoms with E-state index in [0.717, 1.165) is 54.5 Å². The molecule has 1 amide bonds. The van der Waals surface area contributed by atoms with E-state index in [2.05, 4.69) is 51.4 Å². The number of imidazole rings is 1. The first-order valence-electron chi connectivity index (χ1n) is 12.1. The SMILES string of the molecule is CN1CCN(CC(=O)Nc2ccc3c(c2)n(C)c(=O)n3C)C[C@H](Cc2cccc3cccnc23)C1. The maximum absolute atomic E-state index is 13.0. The number of fused-ring (bicyclic) bond motifs is 2. The number of hydrogen-bond acceptors (Lipinski definition) is 5. The fourth-order valence-corrected chi connectivity index (χ4v) is 5.26. The van der Waals surface area contributed by atoms with Crippen LogP contribution in [0, 0.1) is 5.92 Å². The van der Waals surface area contributed by atoms with Crippen LogP contribution in [0.5, 0.6) is 0 Å². The van der Waals surface area contributed by atoms with Crippen LogP contribution < -0.4 is 11.0 Å². The van der Waals surface area contributed by atoms with E-state index in [1.165, 1.54) is 5.56 Å². The molecule has 0 aliphatic carbocycles. The number of amides is 1. The van der Waals surface area contributed by atoms with E-state index in [9.17, 15) is 9.59 Å². The van der Waals surface area contributed by atoms with Crippen LogP contribution in [-0.4, -0.2) is 69.6 Å². The van der Waals surface area contributed by atoms with Gasteiger partial charge < -0.3 is 10.2 Å². The summed E-state index contributed by atoms with van der Waals surface area (Å²) in [5, 5.41) is 4.19. The standard InChI is InChI=1S/C27H32N6O2/c1-30-12-13-33(17-19(16-30)14-21-7-4-6-20-8-5-11-28-26(20)21)18-25(34)29-22-9-10-23-24(15-22)32(3)27(35)31(23)2/h4-11,15,19H,12-14,16-18H2,1-3H3,(H,29,34)/t19-/m1/s1. The minimum absolute atomic E-state index is 0.0413. The van der Waals surface area contributed by atoms with Gasteiger partial charge in [0.05, 0.1) is 23.1 Å². The van der Waals surface area contributed by atoms with Gasteiger partial charge in [-0.1, -0.05) is 24.3 Å². The van der Waals surface area contributed by atoms with Crippen LogP contribution in [0.25, 0.3) is 21.9 Å². The third-order valence-electron chi connectivity index (χ3n) is 7.03. The first-order chi connectivity index (χ1) is 16.9. The summed E-state index contributed by atoms with van der Waals surface area (Å²) in [6, 6.07) is 16.0. The molecule has 0 radical (unpaired) electrons. The molecule has 1 fully saturated rings. The maximum Gasteiger partial charge on any atom is 0.328 e. The lowest BCUT2D eigenvalue weighted by Gasteiger charge is -2.24. The van der Waals surface area contributed by atoms with Crippen molar-refractivity contribution >= 4 is 33.5 Å². The Bertz CT molecular complexity index is 1430. The Labute approximate surface area is 204 Å². The van der Waals surface area contributed by atoms with Crippen molar-refractivity contribution in [2.75, 3.05) is 45.1 Å². The number of anilines is 1. The van der Waals surface area contributed by atoms with Gasteiger partial charge in [0.2, 0.25) is 5.91 Å². The van der Waals surface area contributed by atoms with Gasteiger partial charge in [-0.15, -0.1) is 0 Å². The highest BCUT2D eigenvalue weighted by molar-refractivity contribution is 5.94. The molecule has 2 aromatic carbocycles. The summed E-state index contributed by atoms with van der Waals surface area (Å²) in [6.45, 7) is 3.95. The zero-order valence-corrected chi connectivity index (χ0v) is 20.6. The Morgan fingerprint density at radius 3 is 2.66 bits per heavy atom. The summed E-state index contributed by atoms with van der Waals surface area (Å²) >= 11 is 0. The molecular formula is C27H32N6O2. The Kier molecular flexibility index (Phi) is 6.40. The van der Waals surface area contributed by atoms with Gasteiger partial charge in [0.15, 0.2) is 0 Å². The number of nitrogens with one attached hydrogen (secondary N) is 1. The fraction of sp³-hybridized carbons (Fsp3) is 0.370. The van der Waals surface area contributed by atoms with Gasteiger partial charge in [0, 0.05) is 57.5 Å². The van der Waals surface area contributed by atoms with E-state index in [0.29, 0.717) is 18.2 Å². The van der Waals surface area contributed by atoms with Crippen molar-refractivity contribution in [3.05, 3.63) is 70.8 Å². The van der Waals surface area contributed by atoms with Crippen molar-refractivity contribution < 1.29 is 4.79 Å². The quantitative estimate of drug-likeness (QED) is 0.483. The molecule has 3 heterocycles. The van der Waals surface area contributed by atoms with Crippen molar-refractivity contribution in [1.29, 1.82) is 0 Å². The van der Waals surface area contributed by atoms with E-state index < -0.39 is 0 Å². The van der Waals surface area contributed by atoms with Crippen LogP contribution in [0.4, 0.5) is 5.69 Å². The largest absolute Gasteiger partial charge is 0.328 e. The fourth-order valence-electron chi connectivity index (χ4n) is 5.26. The number of likely N-dealkylation sites (N-methyl/N-ethyl adjacent to an activating group) is 1. The molecule has 0 spiro atoms. The van der Waals surface area contributed by atoms with Gasteiger partial charge in [0.1, 0.15) is 0 Å². The molecule has 5 rings (SSSR count). The third kappa shape index (κ3) is 4.85. The lowest BCUT2D eigenvalue weighted by Crippen LogP contribution is -2.37. The Morgan fingerprint density at radius 1 is 1.00 bits per heavy atom. The number of benzene rings is 2. The van der Waals surface area contributed by atoms with E-state index in [1.807, 2.05) is 30.5 Å². The number of hydrogen-bond donors (Lipinski definition) is 1. The average Bonchev–Trinajstić information content (AvgIpc) is 2.96.